The third-order valence-corrected chi connectivity index (χ3v) is 2.14. The molecule has 5 heteroatoms. The van der Waals surface area contributed by atoms with E-state index < -0.39 is 0 Å². The highest BCUT2D eigenvalue weighted by Gasteiger charge is 2.01. The molecule has 0 aliphatic carbocycles. The Labute approximate surface area is 107 Å². The van der Waals surface area contributed by atoms with E-state index in [1.807, 2.05) is 30.3 Å². The van der Waals surface area contributed by atoms with E-state index in [1.54, 1.807) is 7.11 Å². The number of ether oxygens (including phenoxy) is 2. The van der Waals surface area contributed by atoms with Crippen LogP contribution in [0.3, 0.4) is 0 Å². The smallest absolute Gasteiger partial charge is 0.243 e. The van der Waals surface area contributed by atoms with Gasteiger partial charge in [0, 0.05) is 13.5 Å². The third kappa shape index (κ3) is 6.88. The zero-order valence-electron chi connectivity index (χ0n) is 10.6. The number of methoxy groups -OCH3 is 1. The van der Waals surface area contributed by atoms with Crippen molar-refractivity contribution < 1.29 is 19.1 Å². The fourth-order valence-corrected chi connectivity index (χ4v) is 1.25. The van der Waals surface area contributed by atoms with Gasteiger partial charge in [-0.15, -0.1) is 0 Å². The van der Waals surface area contributed by atoms with Gasteiger partial charge in [0.05, 0.1) is 19.8 Å². The molecule has 100 valence electrons. The molecule has 0 aliphatic heterocycles. The van der Waals surface area contributed by atoms with Gasteiger partial charge in [0.1, 0.15) is 5.75 Å². The number of hydrogen-bond acceptors (Lipinski definition) is 4. The Bertz CT molecular complexity index is 329. The zero-order chi connectivity index (χ0) is 13.1. The van der Waals surface area contributed by atoms with E-state index in [0.717, 1.165) is 5.75 Å². The fourth-order valence-electron chi connectivity index (χ4n) is 1.25. The minimum atomic E-state index is -0.150. The van der Waals surface area contributed by atoms with Gasteiger partial charge < -0.3 is 9.47 Å². The maximum absolute atomic E-state index is 11.3. The molecule has 0 bridgehead atoms. The van der Waals surface area contributed by atoms with Crippen molar-refractivity contribution in [2.75, 3.05) is 26.9 Å². The number of hydroxylamine groups is 1. The van der Waals surface area contributed by atoms with Crippen molar-refractivity contribution in [3.8, 4) is 5.75 Å². The molecule has 0 aromatic heterocycles. The van der Waals surface area contributed by atoms with Crippen molar-refractivity contribution in [3.05, 3.63) is 30.3 Å². The Morgan fingerprint density at radius 1 is 1.17 bits per heavy atom. The summed E-state index contributed by atoms with van der Waals surface area (Å²) in [5.41, 5.74) is 2.34. The first-order valence-electron chi connectivity index (χ1n) is 5.90. The van der Waals surface area contributed by atoms with Gasteiger partial charge in [-0.25, -0.2) is 5.48 Å². The predicted molar refractivity (Wildman–Crippen MR) is 67.1 cm³/mol. The molecular weight excluding hydrogens is 234 g/mol. The van der Waals surface area contributed by atoms with Crippen molar-refractivity contribution in [2.45, 2.75) is 12.8 Å². The number of carbonyl (C=O) groups excluding carboxylic acids is 1. The highest BCUT2D eigenvalue weighted by molar-refractivity contribution is 5.74. The van der Waals surface area contributed by atoms with Crippen LogP contribution in [0.4, 0.5) is 0 Å². The molecule has 0 heterocycles. The van der Waals surface area contributed by atoms with Crippen LogP contribution in [0.15, 0.2) is 30.3 Å². The lowest BCUT2D eigenvalue weighted by atomic mass is 10.3. The van der Waals surface area contributed by atoms with Gasteiger partial charge in [0.15, 0.2) is 0 Å². The molecule has 1 aromatic carbocycles. The van der Waals surface area contributed by atoms with E-state index in [1.165, 1.54) is 0 Å². The van der Waals surface area contributed by atoms with Gasteiger partial charge in [0.2, 0.25) is 5.91 Å². The molecule has 1 aromatic rings. The average molecular weight is 253 g/mol. The fraction of sp³-hybridized carbons (Fsp3) is 0.462. The summed E-state index contributed by atoms with van der Waals surface area (Å²) >= 11 is 0. The Kier molecular flexibility index (Phi) is 7.59. The van der Waals surface area contributed by atoms with Gasteiger partial charge in [-0.2, -0.15) is 0 Å². The van der Waals surface area contributed by atoms with E-state index in [2.05, 4.69) is 5.48 Å². The summed E-state index contributed by atoms with van der Waals surface area (Å²) in [5.74, 6) is 0.664. The van der Waals surface area contributed by atoms with Gasteiger partial charge in [-0.05, 0) is 18.6 Å². The number of nitrogens with one attached hydrogen (secondary N) is 1. The largest absolute Gasteiger partial charge is 0.494 e. The van der Waals surface area contributed by atoms with Crippen molar-refractivity contribution >= 4 is 5.91 Å². The second kappa shape index (κ2) is 9.44. The molecule has 1 N–H and O–H groups in total. The van der Waals surface area contributed by atoms with Crippen LogP contribution in [-0.2, 0) is 14.4 Å². The van der Waals surface area contributed by atoms with Crippen LogP contribution in [0.1, 0.15) is 12.8 Å². The third-order valence-electron chi connectivity index (χ3n) is 2.14. The van der Waals surface area contributed by atoms with Crippen molar-refractivity contribution in [1.82, 2.24) is 5.48 Å². The standard InChI is InChI=1S/C13H19NO4/c1-16-10-11-18-14-13(15)8-5-9-17-12-6-3-2-4-7-12/h2-4,6-7H,5,8-11H2,1H3,(H,14,15). The molecule has 1 rings (SSSR count). The molecule has 1 amide bonds. The molecule has 5 nitrogen and oxygen atoms in total. The Morgan fingerprint density at radius 3 is 2.67 bits per heavy atom. The number of amides is 1. The van der Waals surface area contributed by atoms with Gasteiger partial charge in [-0.1, -0.05) is 18.2 Å². The minimum absolute atomic E-state index is 0.150. The molecule has 0 atom stereocenters. The maximum Gasteiger partial charge on any atom is 0.243 e. The summed E-state index contributed by atoms with van der Waals surface area (Å²) in [5, 5.41) is 0. The number of rotatable bonds is 9. The normalized spacial score (nSPS) is 10.1. The summed E-state index contributed by atoms with van der Waals surface area (Å²) in [7, 11) is 1.58. The topological polar surface area (TPSA) is 56.8 Å². The number of hydrogen-bond donors (Lipinski definition) is 1. The second-order valence-electron chi connectivity index (χ2n) is 3.63. The minimum Gasteiger partial charge on any atom is -0.494 e. The average Bonchev–Trinajstić information content (AvgIpc) is 2.41. The van der Waals surface area contributed by atoms with Crippen molar-refractivity contribution in [1.29, 1.82) is 0 Å². The highest BCUT2D eigenvalue weighted by atomic mass is 16.7. The van der Waals surface area contributed by atoms with Crippen LogP contribution >= 0.6 is 0 Å². The highest BCUT2D eigenvalue weighted by Crippen LogP contribution is 2.08. The van der Waals surface area contributed by atoms with E-state index >= 15 is 0 Å². The number of para-hydroxylation sites is 1. The van der Waals surface area contributed by atoms with Crippen LogP contribution in [0.5, 0.6) is 5.75 Å². The maximum atomic E-state index is 11.3. The SMILES string of the molecule is COCCONC(=O)CCCOc1ccccc1. The van der Waals surface area contributed by atoms with Crippen LogP contribution in [0, 0.1) is 0 Å². The molecule has 0 saturated heterocycles. The predicted octanol–water partition coefficient (Wildman–Crippen LogP) is 1.54. The molecule has 0 unspecified atom stereocenters. The summed E-state index contributed by atoms with van der Waals surface area (Å²) in [4.78, 5) is 16.2. The number of carbonyl (C=O) groups is 1. The molecular formula is C13H19NO4. The Balaban J connectivity index is 1.99. The van der Waals surface area contributed by atoms with Crippen molar-refractivity contribution in [2.24, 2.45) is 0 Å². The van der Waals surface area contributed by atoms with Crippen LogP contribution in [-0.4, -0.2) is 32.8 Å². The summed E-state index contributed by atoms with van der Waals surface area (Å²) in [6.45, 7) is 1.32. The van der Waals surface area contributed by atoms with Crippen molar-refractivity contribution in [3.63, 3.8) is 0 Å². The first kappa shape index (κ1) is 14.5. The molecule has 0 spiro atoms. The monoisotopic (exact) mass is 253 g/mol. The lowest BCUT2D eigenvalue weighted by Crippen LogP contribution is -2.25. The first-order valence-corrected chi connectivity index (χ1v) is 5.90. The Morgan fingerprint density at radius 2 is 1.94 bits per heavy atom. The van der Waals surface area contributed by atoms with Gasteiger partial charge in [-0.3, -0.25) is 9.63 Å². The second-order valence-corrected chi connectivity index (χ2v) is 3.63. The van der Waals surface area contributed by atoms with E-state index in [0.29, 0.717) is 32.7 Å². The molecule has 18 heavy (non-hydrogen) atoms. The molecule has 0 fully saturated rings. The molecule has 0 radical (unpaired) electrons. The summed E-state index contributed by atoms with van der Waals surface area (Å²) in [6.07, 6.45) is 1.02. The van der Waals surface area contributed by atoms with E-state index in [9.17, 15) is 4.79 Å². The van der Waals surface area contributed by atoms with Crippen LogP contribution < -0.4 is 10.2 Å². The Hall–Kier alpha value is -1.59. The molecule has 0 saturated carbocycles. The first-order chi connectivity index (χ1) is 8.83. The lowest BCUT2D eigenvalue weighted by molar-refractivity contribution is -0.134. The number of benzene rings is 1. The quantitative estimate of drug-likeness (QED) is 0.536. The summed E-state index contributed by atoms with van der Waals surface area (Å²) < 4.78 is 10.2. The molecule has 0 aliphatic rings. The van der Waals surface area contributed by atoms with E-state index in [4.69, 9.17) is 14.3 Å². The van der Waals surface area contributed by atoms with Crippen LogP contribution in [0.25, 0.3) is 0 Å². The van der Waals surface area contributed by atoms with Gasteiger partial charge >= 0.3 is 0 Å². The van der Waals surface area contributed by atoms with Crippen LogP contribution in [0.2, 0.25) is 0 Å². The lowest BCUT2D eigenvalue weighted by Gasteiger charge is -2.06. The van der Waals surface area contributed by atoms with E-state index in [-0.39, 0.29) is 5.91 Å². The zero-order valence-corrected chi connectivity index (χ0v) is 10.6. The summed E-state index contributed by atoms with van der Waals surface area (Å²) in [6, 6.07) is 9.51. The van der Waals surface area contributed by atoms with Gasteiger partial charge in [0.25, 0.3) is 0 Å².